The lowest BCUT2D eigenvalue weighted by Gasteiger charge is -2.11. The Hall–Kier alpha value is -2.51. The zero-order chi connectivity index (χ0) is 14.3. The number of nitriles is 1. The van der Waals surface area contributed by atoms with E-state index in [4.69, 9.17) is 22.6 Å². The summed E-state index contributed by atoms with van der Waals surface area (Å²) in [6, 6.07) is 13.1. The summed E-state index contributed by atoms with van der Waals surface area (Å²) in [5, 5.41) is 9.63. The van der Waals surface area contributed by atoms with E-state index < -0.39 is 0 Å². The fourth-order valence-corrected chi connectivity index (χ4v) is 2.52. The van der Waals surface area contributed by atoms with E-state index in [1.165, 1.54) is 0 Å². The van der Waals surface area contributed by atoms with Crippen molar-refractivity contribution in [1.82, 2.24) is 9.55 Å². The maximum atomic E-state index is 9.06. The first-order valence-corrected chi connectivity index (χ1v) is 6.43. The Labute approximate surface area is 121 Å². The van der Waals surface area contributed by atoms with Gasteiger partial charge < -0.3 is 5.73 Å². The molecule has 1 aromatic heterocycles. The van der Waals surface area contributed by atoms with Crippen LogP contribution in [-0.4, -0.2) is 9.55 Å². The first-order valence-electron chi connectivity index (χ1n) is 6.05. The van der Waals surface area contributed by atoms with E-state index in [0.717, 1.165) is 22.3 Å². The van der Waals surface area contributed by atoms with Crippen LogP contribution in [-0.2, 0) is 0 Å². The second-order valence-corrected chi connectivity index (χ2v) is 4.93. The number of para-hydroxylation sites is 1. The molecule has 0 unspecified atom stereocenters. The van der Waals surface area contributed by atoms with Crippen molar-refractivity contribution in [3.8, 4) is 11.8 Å². The number of nitrogens with two attached hydrogens (primary N) is 1. The third kappa shape index (κ3) is 1.80. The smallest absolute Gasteiger partial charge is 0.205 e. The highest BCUT2D eigenvalue weighted by molar-refractivity contribution is 6.35. The minimum Gasteiger partial charge on any atom is -0.369 e. The van der Waals surface area contributed by atoms with Gasteiger partial charge in [-0.25, -0.2) is 4.98 Å². The minimum absolute atomic E-state index is 0.353. The summed E-state index contributed by atoms with van der Waals surface area (Å²) in [5.41, 5.74) is 9.89. The molecule has 0 aliphatic carbocycles. The van der Waals surface area contributed by atoms with Crippen LogP contribution in [0.3, 0.4) is 0 Å². The predicted octanol–water partition coefficient (Wildman–Crippen LogP) is 3.44. The summed E-state index contributed by atoms with van der Waals surface area (Å²) in [6.07, 6.45) is 0. The van der Waals surface area contributed by atoms with Crippen molar-refractivity contribution in [2.24, 2.45) is 0 Å². The van der Waals surface area contributed by atoms with Crippen LogP contribution >= 0.6 is 11.6 Å². The van der Waals surface area contributed by atoms with Gasteiger partial charge in [-0.2, -0.15) is 5.26 Å². The van der Waals surface area contributed by atoms with Crippen molar-refractivity contribution in [2.75, 3.05) is 5.73 Å². The van der Waals surface area contributed by atoms with Gasteiger partial charge in [0, 0.05) is 0 Å². The summed E-state index contributed by atoms with van der Waals surface area (Å²) in [4.78, 5) is 4.32. The third-order valence-electron chi connectivity index (χ3n) is 3.23. The average molecular weight is 283 g/mol. The Kier molecular flexibility index (Phi) is 2.85. The maximum Gasteiger partial charge on any atom is 0.205 e. The van der Waals surface area contributed by atoms with Gasteiger partial charge in [-0.15, -0.1) is 0 Å². The van der Waals surface area contributed by atoms with E-state index in [1.807, 2.05) is 25.1 Å². The molecule has 2 N–H and O–H groups in total. The number of fused-ring (bicyclic) bond motifs is 1. The molecule has 0 atom stereocenters. The second kappa shape index (κ2) is 4.55. The molecule has 0 spiro atoms. The molecule has 98 valence electrons. The van der Waals surface area contributed by atoms with Gasteiger partial charge in [0.1, 0.15) is 0 Å². The van der Waals surface area contributed by atoms with E-state index in [1.54, 1.807) is 22.8 Å². The summed E-state index contributed by atoms with van der Waals surface area (Å²) in [5.74, 6) is 0.353. The van der Waals surface area contributed by atoms with Gasteiger partial charge in [0.15, 0.2) is 0 Å². The number of hydrogen-bond acceptors (Lipinski definition) is 3. The van der Waals surface area contributed by atoms with Crippen molar-refractivity contribution in [1.29, 1.82) is 5.26 Å². The van der Waals surface area contributed by atoms with Crippen molar-refractivity contribution in [3.63, 3.8) is 0 Å². The molecule has 0 aliphatic rings. The van der Waals surface area contributed by atoms with Gasteiger partial charge in [-0.1, -0.05) is 23.7 Å². The Balaban J connectivity index is 2.41. The van der Waals surface area contributed by atoms with Gasteiger partial charge in [0.2, 0.25) is 5.95 Å². The van der Waals surface area contributed by atoms with Crippen molar-refractivity contribution in [2.45, 2.75) is 6.92 Å². The van der Waals surface area contributed by atoms with Crippen LogP contribution in [0.2, 0.25) is 5.02 Å². The largest absolute Gasteiger partial charge is 0.369 e. The number of nitrogen functional groups attached to an aromatic ring is 1. The molecule has 3 aromatic rings. The molecule has 20 heavy (non-hydrogen) atoms. The summed E-state index contributed by atoms with van der Waals surface area (Å²) in [6.45, 7) is 1.96. The Morgan fingerprint density at radius 2 is 2.10 bits per heavy atom. The van der Waals surface area contributed by atoms with Crippen LogP contribution < -0.4 is 5.73 Å². The number of aryl methyl sites for hydroxylation is 1. The topological polar surface area (TPSA) is 67.6 Å². The van der Waals surface area contributed by atoms with Gasteiger partial charge in [0.05, 0.1) is 33.4 Å². The predicted molar refractivity (Wildman–Crippen MR) is 79.9 cm³/mol. The molecule has 0 aliphatic heterocycles. The van der Waals surface area contributed by atoms with Crippen molar-refractivity contribution < 1.29 is 0 Å². The zero-order valence-electron chi connectivity index (χ0n) is 10.8. The summed E-state index contributed by atoms with van der Waals surface area (Å²) >= 11 is 6.27. The lowest BCUT2D eigenvalue weighted by Crippen LogP contribution is -2.03. The van der Waals surface area contributed by atoms with Gasteiger partial charge in [-0.3, -0.25) is 4.57 Å². The number of halogens is 1. The molecule has 0 amide bonds. The number of benzene rings is 2. The first-order chi connectivity index (χ1) is 9.61. The number of nitrogens with zero attached hydrogens (tertiary/aromatic N) is 3. The fraction of sp³-hybridized carbons (Fsp3) is 0.0667. The molecule has 4 nitrogen and oxygen atoms in total. The van der Waals surface area contributed by atoms with E-state index in [2.05, 4.69) is 11.1 Å². The lowest BCUT2D eigenvalue weighted by atomic mass is 10.1. The molecule has 0 radical (unpaired) electrons. The fourth-order valence-electron chi connectivity index (χ4n) is 2.27. The molecular weight excluding hydrogens is 272 g/mol. The van der Waals surface area contributed by atoms with E-state index in [0.29, 0.717) is 16.5 Å². The molecule has 3 rings (SSSR count). The minimum atomic E-state index is 0.353. The van der Waals surface area contributed by atoms with Gasteiger partial charge in [-0.05, 0) is 36.8 Å². The van der Waals surface area contributed by atoms with E-state index in [-0.39, 0.29) is 0 Å². The number of imidazole rings is 1. The Morgan fingerprint density at radius 3 is 2.85 bits per heavy atom. The first kappa shape index (κ1) is 12.5. The monoisotopic (exact) mass is 282 g/mol. The molecule has 5 heteroatoms. The third-order valence-corrected chi connectivity index (χ3v) is 3.54. The van der Waals surface area contributed by atoms with Crippen LogP contribution in [0.5, 0.6) is 0 Å². The summed E-state index contributed by atoms with van der Waals surface area (Å²) < 4.78 is 1.79. The van der Waals surface area contributed by atoms with Crippen LogP contribution in [0, 0.1) is 18.3 Å². The molecule has 0 saturated carbocycles. The molecule has 0 saturated heterocycles. The van der Waals surface area contributed by atoms with Crippen molar-refractivity contribution in [3.05, 3.63) is 52.5 Å². The standard InChI is InChI=1S/C15H11ClN4/c1-9-5-6-10(8-17)7-13(9)20-14-11(16)3-2-4-12(14)19-15(20)18/h2-7H,1H3,(H2,18,19). The SMILES string of the molecule is Cc1ccc(C#N)cc1-n1c(N)nc2cccc(Cl)c21. The van der Waals surface area contributed by atoms with Gasteiger partial charge >= 0.3 is 0 Å². The number of rotatable bonds is 1. The summed E-state index contributed by atoms with van der Waals surface area (Å²) in [7, 11) is 0. The zero-order valence-corrected chi connectivity index (χ0v) is 11.5. The highest BCUT2D eigenvalue weighted by atomic mass is 35.5. The van der Waals surface area contributed by atoms with E-state index >= 15 is 0 Å². The lowest BCUT2D eigenvalue weighted by molar-refractivity contribution is 1.09. The van der Waals surface area contributed by atoms with Crippen LogP contribution in [0.1, 0.15) is 11.1 Å². The number of hydrogen-bond donors (Lipinski definition) is 1. The molecule has 0 fully saturated rings. The maximum absolute atomic E-state index is 9.06. The Bertz CT molecular complexity index is 858. The molecular formula is C15H11ClN4. The van der Waals surface area contributed by atoms with Crippen LogP contribution in [0.25, 0.3) is 16.7 Å². The second-order valence-electron chi connectivity index (χ2n) is 4.53. The number of anilines is 1. The molecule has 1 heterocycles. The molecule has 2 aromatic carbocycles. The normalized spacial score (nSPS) is 10.7. The van der Waals surface area contributed by atoms with Crippen LogP contribution in [0.4, 0.5) is 5.95 Å². The quantitative estimate of drug-likeness (QED) is 0.743. The molecule has 0 bridgehead atoms. The van der Waals surface area contributed by atoms with Crippen LogP contribution in [0.15, 0.2) is 36.4 Å². The van der Waals surface area contributed by atoms with Gasteiger partial charge in [0.25, 0.3) is 0 Å². The van der Waals surface area contributed by atoms with E-state index in [9.17, 15) is 0 Å². The highest BCUT2D eigenvalue weighted by Gasteiger charge is 2.14. The highest BCUT2D eigenvalue weighted by Crippen LogP contribution is 2.30. The average Bonchev–Trinajstić information content (AvgIpc) is 2.77. The number of aromatic nitrogens is 2. The Morgan fingerprint density at radius 1 is 1.30 bits per heavy atom. The van der Waals surface area contributed by atoms with Crippen molar-refractivity contribution >= 4 is 28.6 Å².